The highest BCUT2D eigenvalue weighted by atomic mass is 16.5. The molecule has 0 aromatic heterocycles. The van der Waals surface area contributed by atoms with Crippen molar-refractivity contribution in [2.45, 2.75) is 38.0 Å². The summed E-state index contributed by atoms with van der Waals surface area (Å²) in [5.74, 6) is -1.31. The van der Waals surface area contributed by atoms with Crippen molar-refractivity contribution in [2.24, 2.45) is 0 Å². The third-order valence-corrected chi connectivity index (χ3v) is 3.71. The molecule has 0 heterocycles. The molecule has 0 spiro atoms. The minimum atomic E-state index is -1.25. The van der Waals surface area contributed by atoms with Crippen LogP contribution in [-0.2, 0) is 25.7 Å². The minimum Gasteiger partial charge on any atom is -0.467 e. The lowest BCUT2D eigenvalue weighted by Crippen LogP contribution is -2.53. The maximum atomic E-state index is 12.3. The number of benzene rings is 1. The van der Waals surface area contributed by atoms with Gasteiger partial charge in [-0.15, -0.1) is 6.58 Å². The van der Waals surface area contributed by atoms with Crippen LogP contribution in [0.1, 0.15) is 24.8 Å². The van der Waals surface area contributed by atoms with E-state index in [1.165, 1.54) is 7.11 Å². The molecule has 0 saturated carbocycles. The van der Waals surface area contributed by atoms with Crippen molar-refractivity contribution < 1.29 is 29.0 Å². The summed E-state index contributed by atoms with van der Waals surface area (Å²) in [6.45, 7) is 2.98. The topological polar surface area (TPSA) is 114 Å². The van der Waals surface area contributed by atoms with Gasteiger partial charge in [-0.1, -0.05) is 36.4 Å². The lowest BCUT2D eigenvalue weighted by Gasteiger charge is -2.20. The zero-order valence-corrected chi connectivity index (χ0v) is 15.3. The molecular weight excluding hydrogens is 352 g/mol. The number of unbranched alkanes of at least 4 members (excludes halogenated alkanes) is 1. The highest BCUT2D eigenvalue weighted by Gasteiger charge is 2.26. The molecule has 3 N–H and O–H groups in total. The number of carbonyl (C=O) groups excluding carboxylic acids is 3. The van der Waals surface area contributed by atoms with Gasteiger partial charge in [0.2, 0.25) is 5.91 Å². The summed E-state index contributed by atoms with van der Waals surface area (Å²) in [7, 11) is 1.22. The second-order valence-electron chi connectivity index (χ2n) is 5.75. The molecule has 2 amide bonds. The van der Waals surface area contributed by atoms with Crippen molar-refractivity contribution in [3.63, 3.8) is 0 Å². The van der Waals surface area contributed by atoms with Gasteiger partial charge in [0, 0.05) is 0 Å². The predicted molar refractivity (Wildman–Crippen MR) is 98.6 cm³/mol. The van der Waals surface area contributed by atoms with Gasteiger partial charge in [0.1, 0.15) is 18.7 Å². The van der Waals surface area contributed by atoms with Crippen LogP contribution in [0.3, 0.4) is 0 Å². The molecule has 8 nitrogen and oxygen atoms in total. The monoisotopic (exact) mass is 378 g/mol. The van der Waals surface area contributed by atoms with Crippen LogP contribution in [0.2, 0.25) is 0 Å². The number of hydrogen-bond donors (Lipinski definition) is 3. The lowest BCUT2D eigenvalue weighted by atomic mass is 10.1. The summed E-state index contributed by atoms with van der Waals surface area (Å²) in [6, 6.07) is 6.89. The number of alkyl carbamates (subject to hydrolysis) is 1. The quantitative estimate of drug-likeness (QED) is 0.304. The first-order valence-corrected chi connectivity index (χ1v) is 8.59. The zero-order valence-electron chi connectivity index (χ0n) is 15.3. The fraction of sp³-hybridized carbons (Fsp3) is 0.421. The van der Waals surface area contributed by atoms with Crippen molar-refractivity contribution in [3.8, 4) is 0 Å². The van der Waals surface area contributed by atoms with Gasteiger partial charge in [-0.05, 0) is 24.8 Å². The van der Waals surface area contributed by atoms with Crippen molar-refractivity contribution in [3.05, 3.63) is 48.6 Å². The van der Waals surface area contributed by atoms with E-state index in [0.717, 1.165) is 5.56 Å². The summed E-state index contributed by atoms with van der Waals surface area (Å²) >= 11 is 0. The molecule has 1 aromatic rings. The van der Waals surface area contributed by atoms with E-state index in [4.69, 9.17) is 4.74 Å². The molecule has 0 radical (unpaired) electrons. The molecule has 0 unspecified atom stereocenters. The Balaban J connectivity index is 2.55. The van der Waals surface area contributed by atoms with E-state index < -0.39 is 36.7 Å². The SMILES string of the molecule is C=CCCC[C@@H](NC(=O)[C@H](CO)NC(=O)OCc1ccccc1)C(=O)OC. The maximum Gasteiger partial charge on any atom is 0.408 e. The third kappa shape index (κ3) is 8.37. The molecule has 1 rings (SSSR count). The molecular formula is C19H26N2O6. The Kier molecular flexibility index (Phi) is 10.2. The van der Waals surface area contributed by atoms with Gasteiger partial charge in [-0.25, -0.2) is 9.59 Å². The average Bonchev–Trinajstić information content (AvgIpc) is 2.69. The van der Waals surface area contributed by atoms with Crippen LogP contribution >= 0.6 is 0 Å². The standard InChI is InChI=1S/C19H26N2O6/c1-3-4-6-11-15(18(24)26-2)20-17(23)16(12-22)21-19(25)27-13-14-9-7-5-8-10-14/h3,5,7-10,15-16,22H,1,4,6,11-13H2,2H3,(H,20,23)(H,21,25)/t15-,16+/m1/s1. The summed E-state index contributed by atoms with van der Waals surface area (Å²) in [4.78, 5) is 35.9. The molecule has 148 valence electrons. The number of nitrogens with one attached hydrogen (secondary N) is 2. The number of allylic oxidation sites excluding steroid dienone is 1. The van der Waals surface area contributed by atoms with E-state index >= 15 is 0 Å². The Morgan fingerprint density at radius 1 is 1.19 bits per heavy atom. The first-order valence-electron chi connectivity index (χ1n) is 8.59. The maximum absolute atomic E-state index is 12.3. The summed E-state index contributed by atoms with van der Waals surface area (Å²) in [5, 5.41) is 14.1. The fourth-order valence-corrected chi connectivity index (χ4v) is 2.23. The predicted octanol–water partition coefficient (Wildman–Crippen LogP) is 1.29. The second-order valence-corrected chi connectivity index (χ2v) is 5.75. The van der Waals surface area contributed by atoms with Crippen LogP contribution < -0.4 is 10.6 Å². The van der Waals surface area contributed by atoms with Crippen LogP contribution in [0.15, 0.2) is 43.0 Å². The van der Waals surface area contributed by atoms with Gasteiger partial charge in [0.05, 0.1) is 13.7 Å². The van der Waals surface area contributed by atoms with Crippen LogP contribution in [0.25, 0.3) is 0 Å². The van der Waals surface area contributed by atoms with Gasteiger partial charge in [-0.3, -0.25) is 4.79 Å². The summed E-state index contributed by atoms with van der Waals surface area (Å²) < 4.78 is 9.69. The fourth-order valence-electron chi connectivity index (χ4n) is 2.23. The smallest absolute Gasteiger partial charge is 0.408 e. The third-order valence-electron chi connectivity index (χ3n) is 3.71. The van der Waals surface area contributed by atoms with Crippen LogP contribution in [0.4, 0.5) is 4.79 Å². The van der Waals surface area contributed by atoms with Crippen molar-refractivity contribution in [1.82, 2.24) is 10.6 Å². The van der Waals surface area contributed by atoms with Crippen LogP contribution in [-0.4, -0.2) is 48.9 Å². The molecule has 0 aliphatic rings. The molecule has 2 atom stereocenters. The first kappa shape index (κ1) is 22.2. The number of rotatable bonds is 11. The molecule has 0 aliphatic carbocycles. The lowest BCUT2D eigenvalue weighted by molar-refractivity contribution is -0.145. The van der Waals surface area contributed by atoms with Crippen molar-refractivity contribution in [2.75, 3.05) is 13.7 Å². The van der Waals surface area contributed by atoms with E-state index in [-0.39, 0.29) is 6.61 Å². The number of methoxy groups -OCH3 is 1. The zero-order chi connectivity index (χ0) is 20.1. The van der Waals surface area contributed by atoms with Gasteiger partial charge < -0.3 is 25.2 Å². The Morgan fingerprint density at radius 2 is 1.89 bits per heavy atom. The van der Waals surface area contributed by atoms with Crippen LogP contribution in [0, 0.1) is 0 Å². The normalized spacial score (nSPS) is 12.4. The van der Waals surface area contributed by atoms with Gasteiger partial charge in [-0.2, -0.15) is 0 Å². The van der Waals surface area contributed by atoms with Crippen molar-refractivity contribution >= 4 is 18.0 Å². The second kappa shape index (κ2) is 12.5. The van der Waals surface area contributed by atoms with E-state index in [9.17, 15) is 19.5 Å². The molecule has 27 heavy (non-hydrogen) atoms. The van der Waals surface area contributed by atoms with E-state index in [2.05, 4.69) is 21.9 Å². The van der Waals surface area contributed by atoms with E-state index in [0.29, 0.717) is 19.3 Å². The minimum absolute atomic E-state index is 0.0266. The number of esters is 1. The number of hydrogen-bond acceptors (Lipinski definition) is 6. The number of aliphatic hydroxyl groups excluding tert-OH is 1. The summed E-state index contributed by atoms with van der Waals surface area (Å²) in [6.07, 6.45) is 2.50. The molecule has 0 saturated heterocycles. The van der Waals surface area contributed by atoms with E-state index in [1.54, 1.807) is 30.3 Å². The molecule has 1 aromatic carbocycles. The highest BCUT2D eigenvalue weighted by Crippen LogP contribution is 2.05. The largest absolute Gasteiger partial charge is 0.467 e. The Bertz CT molecular complexity index is 620. The molecule has 0 fully saturated rings. The van der Waals surface area contributed by atoms with Gasteiger partial charge in [0.15, 0.2) is 0 Å². The number of ether oxygens (including phenoxy) is 2. The molecule has 0 aliphatic heterocycles. The van der Waals surface area contributed by atoms with Gasteiger partial charge in [0.25, 0.3) is 0 Å². The summed E-state index contributed by atoms with van der Waals surface area (Å²) in [5.41, 5.74) is 0.783. The average molecular weight is 378 g/mol. The Hall–Kier alpha value is -2.87. The Morgan fingerprint density at radius 3 is 2.48 bits per heavy atom. The van der Waals surface area contributed by atoms with Gasteiger partial charge >= 0.3 is 12.1 Å². The van der Waals surface area contributed by atoms with E-state index in [1.807, 2.05) is 6.07 Å². The molecule has 8 heteroatoms. The Labute approximate surface area is 158 Å². The first-order chi connectivity index (χ1) is 13.0. The highest BCUT2D eigenvalue weighted by molar-refractivity contribution is 5.89. The number of carbonyl (C=O) groups is 3. The van der Waals surface area contributed by atoms with Crippen molar-refractivity contribution in [1.29, 1.82) is 0 Å². The molecule has 0 bridgehead atoms. The van der Waals surface area contributed by atoms with Crippen LogP contribution in [0.5, 0.6) is 0 Å². The number of amides is 2. The number of aliphatic hydroxyl groups is 1.